The third-order valence-electron chi connectivity index (χ3n) is 9.69. The summed E-state index contributed by atoms with van der Waals surface area (Å²) in [5.74, 6) is -0.561. The lowest BCUT2D eigenvalue weighted by atomic mass is 10.00. The molecular weight excluding hydrogens is 734 g/mol. The van der Waals surface area contributed by atoms with Crippen molar-refractivity contribution >= 4 is 45.7 Å². The fourth-order valence-electron chi connectivity index (χ4n) is 7.09. The molecule has 2 aliphatic rings. The van der Waals surface area contributed by atoms with E-state index in [0.29, 0.717) is 33.5 Å². The normalized spacial score (nSPS) is 11.5. The summed E-state index contributed by atoms with van der Waals surface area (Å²) < 4.78 is 3.68. The minimum atomic E-state index is -0.594. The Morgan fingerprint density at radius 3 is 1.61 bits per heavy atom. The monoisotopic (exact) mass is 765 g/mol. The molecule has 2 heterocycles. The zero-order chi connectivity index (χ0) is 39.5. The summed E-state index contributed by atoms with van der Waals surface area (Å²) in [6.45, 7) is 0. The Balaban J connectivity index is 0.000000133. The van der Waals surface area contributed by atoms with E-state index in [1.54, 1.807) is 41.2 Å². The molecule has 9 nitrogen and oxygen atoms in total. The number of ketones is 2. The average Bonchev–Trinajstić information content (AvgIpc) is 4.07. The highest BCUT2D eigenvalue weighted by Crippen LogP contribution is 2.39. The molecule has 8 aromatic rings. The second-order valence-corrected chi connectivity index (χ2v) is 13.4. The van der Waals surface area contributed by atoms with E-state index in [1.807, 2.05) is 144 Å². The standard InChI is InChI=1S/C23H15N3O2.C14H7ClO2.C10H10N2/c27-22-17-8-2-1-7-15(17)16-9-5-10-18(21(16)22)23(28)25-19-11-3-4-12-20(19)26-14-6-13-24-26;15-14(17)11-7-3-6-9-8-4-1-2-5-10(8)13(16)12(9)11;11-9-5-1-2-6-10(9)12-7-3-4-8-12/h1-14H,(H,25,28);1-7H;1-8H,11H2. The highest BCUT2D eigenvalue weighted by molar-refractivity contribution is 6.68. The Bertz CT molecular complexity index is 2830. The zero-order valence-corrected chi connectivity index (χ0v) is 30.9. The number of hydrogen-bond acceptors (Lipinski definition) is 6. The lowest BCUT2D eigenvalue weighted by Crippen LogP contribution is -2.17. The number of fused-ring (bicyclic) bond motifs is 6. The Morgan fingerprint density at radius 1 is 0.526 bits per heavy atom. The van der Waals surface area contributed by atoms with Crippen LogP contribution in [-0.2, 0) is 0 Å². The van der Waals surface area contributed by atoms with Gasteiger partial charge in [0.1, 0.15) is 0 Å². The summed E-state index contributed by atoms with van der Waals surface area (Å²) in [5, 5.41) is 6.58. The molecule has 6 aromatic carbocycles. The number of nitrogen functional groups attached to an aromatic ring is 1. The number of nitrogens with two attached hydrogens (primary N) is 1. The highest BCUT2D eigenvalue weighted by atomic mass is 35.5. The maximum Gasteiger partial charge on any atom is 0.256 e. The largest absolute Gasteiger partial charge is 0.397 e. The predicted octanol–water partition coefficient (Wildman–Crippen LogP) is 9.67. The van der Waals surface area contributed by atoms with Gasteiger partial charge in [0.2, 0.25) is 0 Å². The molecule has 0 saturated carbocycles. The topological polar surface area (TPSA) is 129 Å². The SMILES string of the molecule is Nc1ccccc1-n1cccc1.O=C(Cl)c1cccc2c1C(=O)c1ccccc1-2.O=C(Nc1ccccc1-n1cccn1)c1cccc2c1C(=O)c1ccccc1-2. The molecule has 0 saturated heterocycles. The first-order valence-electron chi connectivity index (χ1n) is 17.9. The number of hydrogen-bond donors (Lipinski definition) is 2. The lowest BCUT2D eigenvalue weighted by molar-refractivity contribution is 0.0998. The molecule has 0 bridgehead atoms. The van der Waals surface area contributed by atoms with E-state index in [-0.39, 0.29) is 23.0 Å². The van der Waals surface area contributed by atoms with Crippen LogP contribution in [0.3, 0.4) is 0 Å². The third kappa shape index (κ3) is 6.95. The van der Waals surface area contributed by atoms with Gasteiger partial charge in [-0.1, -0.05) is 97.1 Å². The molecule has 2 aromatic heterocycles. The molecule has 10 heteroatoms. The third-order valence-corrected chi connectivity index (χ3v) is 9.89. The van der Waals surface area contributed by atoms with Crippen molar-refractivity contribution in [2.24, 2.45) is 0 Å². The van der Waals surface area contributed by atoms with Crippen molar-refractivity contribution in [2.45, 2.75) is 0 Å². The molecule has 10 rings (SSSR count). The van der Waals surface area contributed by atoms with Crippen LogP contribution in [0.25, 0.3) is 33.6 Å². The molecule has 0 radical (unpaired) electrons. The molecule has 57 heavy (non-hydrogen) atoms. The average molecular weight is 766 g/mol. The van der Waals surface area contributed by atoms with Crippen LogP contribution in [0.1, 0.15) is 52.6 Å². The molecule has 276 valence electrons. The van der Waals surface area contributed by atoms with Crippen molar-refractivity contribution in [3.05, 3.63) is 210 Å². The van der Waals surface area contributed by atoms with Gasteiger partial charge < -0.3 is 15.6 Å². The number of para-hydroxylation sites is 4. The zero-order valence-electron chi connectivity index (χ0n) is 30.2. The van der Waals surface area contributed by atoms with Crippen LogP contribution in [0.5, 0.6) is 0 Å². The van der Waals surface area contributed by atoms with Gasteiger partial charge in [-0.25, -0.2) is 4.68 Å². The van der Waals surface area contributed by atoms with E-state index in [0.717, 1.165) is 39.3 Å². The molecule has 0 aliphatic heterocycles. The maximum atomic E-state index is 13.1. The first-order valence-corrected chi connectivity index (χ1v) is 18.3. The molecule has 0 spiro atoms. The number of aromatic nitrogens is 3. The number of nitrogens with one attached hydrogen (secondary N) is 1. The Labute approximate surface area is 332 Å². The number of anilines is 2. The first-order chi connectivity index (χ1) is 27.8. The summed E-state index contributed by atoms with van der Waals surface area (Å²) in [6, 6.07) is 46.3. The first kappa shape index (κ1) is 36.4. The van der Waals surface area contributed by atoms with E-state index in [4.69, 9.17) is 17.3 Å². The van der Waals surface area contributed by atoms with Crippen LogP contribution >= 0.6 is 11.6 Å². The number of carbonyl (C=O) groups excluding carboxylic acids is 4. The van der Waals surface area contributed by atoms with Crippen LogP contribution in [0, 0.1) is 0 Å². The van der Waals surface area contributed by atoms with Crippen LogP contribution in [0.2, 0.25) is 0 Å². The van der Waals surface area contributed by atoms with Gasteiger partial charge in [-0.2, -0.15) is 5.10 Å². The van der Waals surface area contributed by atoms with Gasteiger partial charge >= 0.3 is 0 Å². The molecule has 3 N–H and O–H groups in total. The minimum absolute atomic E-state index is 0.114. The second-order valence-electron chi connectivity index (χ2n) is 13.1. The summed E-state index contributed by atoms with van der Waals surface area (Å²) in [6.07, 6.45) is 7.45. The van der Waals surface area contributed by atoms with E-state index in [1.165, 1.54) is 0 Å². The predicted molar refractivity (Wildman–Crippen MR) is 223 cm³/mol. The molecule has 1 amide bonds. The fraction of sp³-hybridized carbons (Fsp3) is 0. The number of rotatable bonds is 5. The van der Waals surface area contributed by atoms with Gasteiger partial charge in [0, 0.05) is 52.6 Å². The van der Waals surface area contributed by atoms with Crippen molar-refractivity contribution < 1.29 is 19.2 Å². The van der Waals surface area contributed by atoms with Gasteiger partial charge in [-0.05, 0) is 88.5 Å². The maximum absolute atomic E-state index is 13.1. The molecule has 0 fully saturated rings. The van der Waals surface area contributed by atoms with Crippen LogP contribution in [-0.4, -0.2) is 37.1 Å². The summed E-state index contributed by atoms with van der Waals surface area (Å²) in [7, 11) is 0. The molecular formula is C47H32ClN5O4. The van der Waals surface area contributed by atoms with Crippen LogP contribution < -0.4 is 11.1 Å². The smallest absolute Gasteiger partial charge is 0.256 e. The van der Waals surface area contributed by atoms with E-state index in [2.05, 4.69) is 10.4 Å². The quantitative estimate of drug-likeness (QED) is 0.133. The van der Waals surface area contributed by atoms with Crippen LogP contribution in [0.15, 0.2) is 176 Å². The minimum Gasteiger partial charge on any atom is -0.397 e. The number of amides is 1. The Morgan fingerprint density at radius 2 is 1.04 bits per heavy atom. The van der Waals surface area contributed by atoms with Crippen molar-refractivity contribution in [2.75, 3.05) is 11.1 Å². The number of benzene rings is 6. The van der Waals surface area contributed by atoms with E-state index >= 15 is 0 Å². The van der Waals surface area contributed by atoms with E-state index in [9.17, 15) is 19.2 Å². The Hall–Kier alpha value is -7.62. The van der Waals surface area contributed by atoms with Crippen molar-refractivity contribution in [3.63, 3.8) is 0 Å². The number of halogens is 1. The summed E-state index contributed by atoms with van der Waals surface area (Å²) in [4.78, 5) is 49.5. The van der Waals surface area contributed by atoms with Gasteiger partial charge in [0.25, 0.3) is 11.1 Å². The van der Waals surface area contributed by atoms with E-state index < -0.39 is 5.24 Å². The number of carbonyl (C=O) groups is 4. The van der Waals surface area contributed by atoms with Crippen LogP contribution in [0.4, 0.5) is 11.4 Å². The summed E-state index contributed by atoms with van der Waals surface area (Å²) in [5.41, 5.74) is 15.1. The molecule has 0 unspecified atom stereocenters. The molecule has 0 atom stereocenters. The van der Waals surface area contributed by atoms with Gasteiger partial charge in [0.05, 0.1) is 28.3 Å². The summed E-state index contributed by atoms with van der Waals surface area (Å²) >= 11 is 5.50. The lowest BCUT2D eigenvalue weighted by Gasteiger charge is -2.12. The molecule has 2 aliphatic carbocycles. The highest BCUT2D eigenvalue weighted by Gasteiger charge is 2.31. The van der Waals surface area contributed by atoms with Crippen molar-refractivity contribution in [1.82, 2.24) is 14.3 Å². The Kier molecular flexibility index (Phi) is 9.97. The fourth-order valence-corrected chi connectivity index (χ4v) is 7.25. The van der Waals surface area contributed by atoms with Gasteiger partial charge in [-0.15, -0.1) is 0 Å². The van der Waals surface area contributed by atoms with Crippen molar-refractivity contribution in [3.8, 4) is 33.6 Å². The number of nitrogens with zero attached hydrogens (tertiary/aromatic N) is 3. The van der Waals surface area contributed by atoms with Crippen molar-refractivity contribution in [1.29, 1.82) is 0 Å². The van der Waals surface area contributed by atoms with Gasteiger partial charge in [0.15, 0.2) is 11.6 Å². The second kappa shape index (κ2) is 15.6. The van der Waals surface area contributed by atoms with Gasteiger partial charge in [-0.3, -0.25) is 19.2 Å².